The summed E-state index contributed by atoms with van der Waals surface area (Å²) < 4.78 is 0. The van der Waals surface area contributed by atoms with Gasteiger partial charge in [-0.3, -0.25) is 0 Å². The van der Waals surface area contributed by atoms with E-state index in [1.807, 2.05) is 7.05 Å². The van der Waals surface area contributed by atoms with Crippen LogP contribution in [0.4, 0.5) is 0 Å². The maximum atomic E-state index is 8.89. The van der Waals surface area contributed by atoms with E-state index in [-0.39, 0.29) is 0 Å². The first-order valence-electron chi connectivity index (χ1n) is 5.44. The number of oxime groups is 1. The van der Waals surface area contributed by atoms with E-state index in [1.165, 1.54) is 24.0 Å². The van der Waals surface area contributed by atoms with Crippen LogP contribution in [0.1, 0.15) is 38.5 Å². The third kappa shape index (κ3) is 1.69. The molecule has 1 unspecified atom stereocenters. The Morgan fingerprint density at radius 1 is 1.36 bits per heavy atom. The van der Waals surface area contributed by atoms with Crippen LogP contribution in [0.15, 0.2) is 16.3 Å². The van der Waals surface area contributed by atoms with Gasteiger partial charge in [-0.15, -0.1) is 0 Å². The van der Waals surface area contributed by atoms with E-state index in [0.717, 1.165) is 31.4 Å². The molecule has 2 N–H and O–H groups in total. The number of nitrogens with zero attached hydrogens (tertiary/aromatic N) is 1. The number of nitrogens with one attached hydrogen (secondary N) is 1. The summed E-state index contributed by atoms with van der Waals surface area (Å²) in [7, 11) is 2.03. The summed E-state index contributed by atoms with van der Waals surface area (Å²) in [5, 5.41) is 15.6. The largest absolute Gasteiger partial charge is 0.411 e. The molecule has 0 aliphatic heterocycles. The first kappa shape index (κ1) is 9.71. The molecule has 3 nitrogen and oxygen atoms in total. The molecule has 0 radical (unpaired) electrons. The molecule has 1 atom stereocenters. The zero-order chi connectivity index (χ0) is 9.97. The van der Waals surface area contributed by atoms with Crippen molar-refractivity contribution in [3.8, 4) is 0 Å². The zero-order valence-electron chi connectivity index (χ0n) is 8.71. The molecule has 0 amide bonds. The van der Waals surface area contributed by atoms with Gasteiger partial charge in [0.15, 0.2) is 0 Å². The summed E-state index contributed by atoms with van der Waals surface area (Å²) >= 11 is 0. The molecule has 0 aromatic heterocycles. The maximum Gasteiger partial charge on any atom is 0.0827 e. The monoisotopic (exact) mass is 194 g/mol. The topological polar surface area (TPSA) is 44.6 Å². The van der Waals surface area contributed by atoms with Crippen molar-refractivity contribution in [3.05, 3.63) is 11.1 Å². The van der Waals surface area contributed by atoms with E-state index < -0.39 is 0 Å². The van der Waals surface area contributed by atoms with Gasteiger partial charge in [0, 0.05) is 6.04 Å². The lowest BCUT2D eigenvalue weighted by atomic mass is 9.79. The van der Waals surface area contributed by atoms with E-state index >= 15 is 0 Å². The molecule has 3 heteroatoms. The summed E-state index contributed by atoms with van der Waals surface area (Å²) in [6, 6.07) is 0.631. The maximum absolute atomic E-state index is 8.89. The average molecular weight is 194 g/mol. The molecule has 0 aromatic carbocycles. The number of hydrogen-bond donors (Lipinski definition) is 2. The highest BCUT2D eigenvalue weighted by molar-refractivity contribution is 6.01. The highest BCUT2D eigenvalue weighted by Gasteiger charge is 2.25. The predicted molar refractivity (Wildman–Crippen MR) is 56.8 cm³/mol. The second-order valence-electron chi connectivity index (χ2n) is 4.21. The number of allylic oxidation sites excluding steroid dienone is 1. The Bertz CT molecular complexity index is 281. The minimum atomic E-state index is 0.631. The van der Waals surface area contributed by atoms with Gasteiger partial charge in [0.2, 0.25) is 0 Å². The molecule has 2 aliphatic rings. The molecule has 2 rings (SSSR count). The first-order chi connectivity index (χ1) is 6.85. The fourth-order valence-corrected chi connectivity index (χ4v) is 2.60. The minimum absolute atomic E-state index is 0.631. The molecule has 78 valence electrons. The Morgan fingerprint density at radius 3 is 2.93 bits per heavy atom. The fourth-order valence-electron chi connectivity index (χ4n) is 2.60. The Hall–Kier alpha value is -0.830. The van der Waals surface area contributed by atoms with Crippen molar-refractivity contribution in [3.63, 3.8) is 0 Å². The Labute approximate surface area is 84.9 Å². The third-order valence-electron chi connectivity index (χ3n) is 3.43. The minimum Gasteiger partial charge on any atom is -0.411 e. The Morgan fingerprint density at radius 2 is 2.21 bits per heavy atom. The van der Waals surface area contributed by atoms with Crippen molar-refractivity contribution < 1.29 is 5.21 Å². The Balaban J connectivity index is 2.20. The number of rotatable bonds is 1. The molecule has 2 aliphatic carbocycles. The quantitative estimate of drug-likeness (QED) is 0.496. The summed E-state index contributed by atoms with van der Waals surface area (Å²) in [6.07, 6.45) is 6.71. The molecule has 0 fully saturated rings. The summed E-state index contributed by atoms with van der Waals surface area (Å²) in [5.41, 5.74) is 3.82. The molecule has 0 saturated carbocycles. The lowest BCUT2D eigenvalue weighted by Gasteiger charge is -2.30. The van der Waals surface area contributed by atoms with Crippen LogP contribution in [0.25, 0.3) is 0 Å². The summed E-state index contributed by atoms with van der Waals surface area (Å²) in [4.78, 5) is 0. The van der Waals surface area contributed by atoms with Gasteiger partial charge >= 0.3 is 0 Å². The molecular weight excluding hydrogens is 176 g/mol. The normalized spacial score (nSPS) is 30.6. The molecule has 0 heterocycles. The van der Waals surface area contributed by atoms with E-state index in [2.05, 4.69) is 10.5 Å². The van der Waals surface area contributed by atoms with Crippen molar-refractivity contribution in [2.24, 2.45) is 5.16 Å². The van der Waals surface area contributed by atoms with E-state index in [1.54, 1.807) is 0 Å². The van der Waals surface area contributed by atoms with Crippen LogP contribution < -0.4 is 5.32 Å². The fraction of sp³-hybridized carbons (Fsp3) is 0.727. The van der Waals surface area contributed by atoms with Crippen molar-refractivity contribution in [1.29, 1.82) is 0 Å². The first-order valence-corrected chi connectivity index (χ1v) is 5.44. The lowest BCUT2D eigenvalue weighted by molar-refractivity contribution is 0.316. The second kappa shape index (κ2) is 4.13. The van der Waals surface area contributed by atoms with Gasteiger partial charge in [-0.25, -0.2) is 0 Å². The molecule has 0 aromatic rings. The van der Waals surface area contributed by atoms with Crippen LogP contribution in [-0.4, -0.2) is 24.0 Å². The van der Waals surface area contributed by atoms with Crippen molar-refractivity contribution in [1.82, 2.24) is 5.32 Å². The molecular formula is C11H18N2O. The smallest absolute Gasteiger partial charge is 0.0827 e. The van der Waals surface area contributed by atoms with Crippen LogP contribution in [-0.2, 0) is 0 Å². The van der Waals surface area contributed by atoms with E-state index in [9.17, 15) is 0 Å². The van der Waals surface area contributed by atoms with Crippen LogP contribution in [0.3, 0.4) is 0 Å². The molecule has 0 spiro atoms. The van der Waals surface area contributed by atoms with Crippen molar-refractivity contribution in [2.75, 3.05) is 7.05 Å². The summed E-state index contributed by atoms with van der Waals surface area (Å²) in [5.74, 6) is 0. The molecule has 0 saturated heterocycles. The van der Waals surface area contributed by atoms with Crippen molar-refractivity contribution in [2.45, 2.75) is 44.6 Å². The van der Waals surface area contributed by atoms with Crippen LogP contribution in [0.2, 0.25) is 0 Å². The van der Waals surface area contributed by atoms with Gasteiger partial charge in [0.05, 0.1) is 5.71 Å². The molecule has 0 bridgehead atoms. The van der Waals surface area contributed by atoms with Crippen molar-refractivity contribution >= 4 is 5.71 Å². The number of hydrogen-bond acceptors (Lipinski definition) is 3. The highest BCUT2D eigenvalue weighted by atomic mass is 16.4. The van der Waals surface area contributed by atoms with Gasteiger partial charge in [-0.05, 0) is 51.1 Å². The van der Waals surface area contributed by atoms with Gasteiger partial charge in [-0.2, -0.15) is 0 Å². The van der Waals surface area contributed by atoms with Gasteiger partial charge in [0.25, 0.3) is 0 Å². The lowest BCUT2D eigenvalue weighted by Crippen LogP contribution is -2.31. The van der Waals surface area contributed by atoms with E-state index in [4.69, 9.17) is 5.21 Å². The zero-order valence-corrected chi connectivity index (χ0v) is 8.71. The highest BCUT2D eigenvalue weighted by Crippen LogP contribution is 2.34. The summed E-state index contributed by atoms with van der Waals surface area (Å²) in [6.45, 7) is 0. The standard InChI is InChI=1S/C11H18N2O/c1-12-9-5-6-10-8(7-9)3-2-4-11(10)13-14/h9,12,14H,2-7H2,1H3. The van der Waals surface area contributed by atoms with Gasteiger partial charge in [-0.1, -0.05) is 10.7 Å². The van der Waals surface area contributed by atoms with Gasteiger partial charge in [0.1, 0.15) is 0 Å². The second-order valence-corrected chi connectivity index (χ2v) is 4.21. The predicted octanol–water partition coefficient (Wildman–Crippen LogP) is 2.07. The Kier molecular flexibility index (Phi) is 2.87. The van der Waals surface area contributed by atoms with Crippen LogP contribution in [0, 0.1) is 0 Å². The average Bonchev–Trinajstić information content (AvgIpc) is 2.27. The molecule has 14 heavy (non-hydrogen) atoms. The van der Waals surface area contributed by atoms with E-state index in [0.29, 0.717) is 6.04 Å². The van der Waals surface area contributed by atoms with Crippen LogP contribution in [0.5, 0.6) is 0 Å². The van der Waals surface area contributed by atoms with Crippen LogP contribution >= 0.6 is 0 Å². The third-order valence-corrected chi connectivity index (χ3v) is 3.43. The SMILES string of the molecule is CNC1CCC2=C(CCCC2=NO)C1. The van der Waals surface area contributed by atoms with Gasteiger partial charge < -0.3 is 10.5 Å².